The molecule has 0 radical (unpaired) electrons. The third kappa shape index (κ3) is 5.02. The molecule has 10 heteroatoms. The first-order chi connectivity index (χ1) is 16.2. The van der Waals surface area contributed by atoms with Crippen molar-refractivity contribution in [2.45, 2.75) is 6.61 Å². The van der Waals surface area contributed by atoms with Crippen molar-refractivity contribution >= 4 is 68.1 Å². The van der Waals surface area contributed by atoms with Crippen molar-refractivity contribution in [3.05, 3.63) is 97.0 Å². The van der Waals surface area contributed by atoms with Crippen LogP contribution in [0.5, 0.6) is 5.75 Å². The number of nitrogens with zero attached hydrogens (tertiary/aromatic N) is 1. The largest absolute Gasteiger partial charge is 0.486 e. The standard InChI is InChI=1S/C24H14BrF2IN2O4/c25-18-10-13(11-20(28)21(18)34-12-14-3-1-2-4-19(14)27)9-17-22(31)29-24(33)30(23(17)32)16-7-5-15(26)6-8-16/h1-11H,12H2,(H,29,31,33)/b17-9+. The molecule has 0 atom stereocenters. The minimum atomic E-state index is -0.925. The summed E-state index contributed by atoms with van der Waals surface area (Å²) in [6, 6.07) is 13.4. The van der Waals surface area contributed by atoms with E-state index in [0.29, 0.717) is 24.9 Å². The van der Waals surface area contributed by atoms with E-state index in [1.165, 1.54) is 24.3 Å². The third-order valence-corrected chi connectivity index (χ3v) is 6.24. The molecule has 1 aliphatic rings. The predicted octanol–water partition coefficient (Wildman–Crippen LogP) is 5.58. The zero-order chi connectivity index (χ0) is 24.4. The van der Waals surface area contributed by atoms with Gasteiger partial charge in [0.2, 0.25) is 0 Å². The molecule has 0 aliphatic carbocycles. The van der Waals surface area contributed by atoms with Gasteiger partial charge in [-0.25, -0.2) is 18.5 Å². The molecule has 1 N–H and O–H groups in total. The van der Waals surface area contributed by atoms with Crippen molar-refractivity contribution < 1.29 is 27.9 Å². The predicted molar refractivity (Wildman–Crippen MR) is 133 cm³/mol. The first-order valence-corrected chi connectivity index (χ1v) is 11.6. The zero-order valence-corrected chi connectivity index (χ0v) is 20.9. The number of nitrogens with one attached hydrogen (secondary N) is 1. The van der Waals surface area contributed by atoms with Crippen LogP contribution in [-0.2, 0) is 16.2 Å². The Labute approximate surface area is 214 Å². The van der Waals surface area contributed by atoms with Crippen molar-refractivity contribution in [1.29, 1.82) is 0 Å². The lowest BCUT2D eigenvalue weighted by molar-refractivity contribution is -0.122. The van der Waals surface area contributed by atoms with E-state index in [1.807, 2.05) is 22.6 Å². The monoisotopic (exact) mass is 638 g/mol. The van der Waals surface area contributed by atoms with Gasteiger partial charge in [0.15, 0.2) is 0 Å². The van der Waals surface area contributed by atoms with Crippen molar-refractivity contribution in [2.75, 3.05) is 4.90 Å². The number of carbonyl (C=O) groups excluding carboxylic acids is 3. The quantitative estimate of drug-likeness (QED) is 0.225. The maximum atomic E-state index is 13.9. The van der Waals surface area contributed by atoms with Gasteiger partial charge in [-0.1, -0.05) is 18.2 Å². The lowest BCUT2D eigenvalue weighted by Crippen LogP contribution is -2.54. The Bertz CT molecular complexity index is 1320. The van der Waals surface area contributed by atoms with Gasteiger partial charge in [0, 0.05) is 5.56 Å². The molecular formula is C24H14BrF2IN2O4. The van der Waals surface area contributed by atoms with Gasteiger partial charge in [-0.2, -0.15) is 0 Å². The summed E-state index contributed by atoms with van der Waals surface area (Å²) < 4.78 is 34.1. The number of halogens is 4. The van der Waals surface area contributed by atoms with E-state index in [-0.39, 0.29) is 23.7 Å². The number of amides is 4. The normalized spacial score (nSPS) is 15.0. The van der Waals surface area contributed by atoms with Gasteiger partial charge >= 0.3 is 6.03 Å². The molecule has 0 bridgehead atoms. The number of rotatable bonds is 5. The Morgan fingerprint density at radius 3 is 2.41 bits per heavy atom. The summed E-state index contributed by atoms with van der Waals surface area (Å²) in [6.07, 6.45) is 1.34. The van der Waals surface area contributed by atoms with E-state index in [9.17, 15) is 23.2 Å². The minimum Gasteiger partial charge on any atom is -0.486 e. The fourth-order valence-corrected chi connectivity index (χ4v) is 4.98. The lowest BCUT2D eigenvalue weighted by Gasteiger charge is -2.26. The number of hydrogen-bond acceptors (Lipinski definition) is 4. The number of anilines is 1. The number of carbonyl (C=O) groups is 3. The van der Waals surface area contributed by atoms with E-state index in [2.05, 4.69) is 21.2 Å². The van der Waals surface area contributed by atoms with Crippen molar-refractivity contribution in [3.63, 3.8) is 0 Å². The smallest absolute Gasteiger partial charge is 0.335 e. The van der Waals surface area contributed by atoms with Crippen LogP contribution in [0.2, 0.25) is 0 Å². The number of benzene rings is 3. The highest BCUT2D eigenvalue weighted by atomic mass is 127. The first kappa shape index (κ1) is 24.0. The maximum Gasteiger partial charge on any atom is 0.335 e. The molecular weight excluding hydrogens is 625 g/mol. The van der Waals surface area contributed by atoms with Crippen LogP contribution in [0.1, 0.15) is 11.1 Å². The Kier molecular flexibility index (Phi) is 7.08. The van der Waals surface area contributed by atoms with Crippen LogP contribution < -0.4 is 15.0 Å². The Balaban J connectivity index is 1.61. The van der Waals surface area contributed by atoms with Gasteiger partial charge in [0.25, 0.3) is 11.8 Å². The Hall–Kier alpha value is -3.12. The number of urea groups is 1. The van der Waals surface area contributed by atoms with Gasteiger partial charge in [-0.3, -0.25) is 14.9 Å². The zero-order valence-electron chi connectivity index (χ0n) is 17.2. The van der Waals surface area contributed by atoms with Crippen LogP contribution in [0.25, 0.3) is 6.08 Å². The minimum absolute atomic E-state index is 0.0113. The molecule has 0 saturated carbocycles. The molecule has 6 nitrogen and oxygen atoms in total. The fraction of sp³-hybridized carbons (Fsp3) is 0.0417. The van der Waals surface area contributed by atoms with Crippen LogP contribution in [0.3, 0.4) is 0 Å². The van der Waals surface area contributed by atoms with E-state index < -0.39 is 23.7 Å². The summed E-state index contributed by atoms with van der Waals surface area (Å²) in [6.45, 7) is 0.0113. The average Bonchev–Trinajstić information content (AvgIpc) is 2.78. The highest BCUT2D eigenvalue weighted by Gasteiger charge is 2.36. The summed E-state index contributed by atoms with van der Waals surface area (Å²) in [5, 5.41) is 2.12. The van der Waals surface area contributed by atoms with Gasteiger partial charge in [0.05, 0.1) is 13.7 Å². The number of ether oxygens (including phenoxy) is 1. The molecule has 3 aromatic rings. The molecule has 4 amide bonds. The molecule has 1 heterocycles. The summed E-state index contributed by atoms with van der Waals surface area (Å²) in [5.41, 5.74) is 0.731. The lowest BCUT2D eigenvalue weighted by atomic mass is 10.1. The van der Waals surface area contributed by atoms with Crippen LogP contribution in [0, 0.1) is 15.2 Å². The third-order valence-electron chi connectivity index (χ3n) is 4.85. The topological polar surface area (TPSA) is 75.7 Å². The maximum absolute atomic E-state index is 13.9. The molecule has 0 spiro atoms. The van der Waals surface area contributed by atoms with E-state index >= 15 is 0 Å². The van der Waals surface area contributed by atoms with Crippen LogP contribution in [-0.4, -0.2) is 17.8 Å². The highest BCUT2D eigenvalue weighted by molar-refractivity contribution is 14.1. The number of barbiturate groups is 1. The van der Waals surface area contributed by atoms with Gasteiger partial charge in [-0.05, 0) is 92.6 Å². The van der Waals surface area contributed by atoms with E-state index in [4.69, 9.17) is 4.74 Å². The summed E-state index contributed by atoms with van der Waals surface area (Å²) in [7, 11) is 0. The van der Waals surface area contributed by atoms with E-state index in [1.54, 1.807) is 30.3 Å². The molecule has 0 aromatic heterocycles. The van der Waals surface area contributed by atoms with Gasteiger partial charge in [-0.15, -0.1) is 0 Å². The second-order valence-corrected chi connectivity index (χ2v) is 9.14. The van der Waals surface area contributed by atoms with Crippen LogP contribution in [0.15, 0.2) is 70.7 Å². The molecule has 172 valence electrons. The summed E-state index contributed by atoms with van der Waals surface area (Å²) >= 11 is 5.44. The van der Waals surface area contributed by atoms with Crippen molar-refractivity contribution in [3.8, 4) is 5.75 Å². The van der Waals surface area contributed by atoms with Crippen LogP contribution >= 0.6 is 38.5 Å². The average molecular weight is 639 g/mol. The fourth-order valence-electron chi connectivity index (χ4n) is 3.21. The van der Waals surface area contributed by atoms with Gasteiger partial charge < -0.3 is 4.74 Å². The molecule has 3 aromatic carbocycles. The second-order valence-electron chi connectivity index (χ2n) is 7.13. The van der Waals surface area contributed by atoms with E-state index in [0.717, 1.165) is 17.0 Å². The highest BCUT2D eigenvalue weighted by Crippen LogP contribution is 2.34. The molecule has 1 saturated heterocycles. The SMILES string of the molecule is O=C1NC(=O)N(c2ccc(F)cc2)C(=O)/C1=C/c1cc(Br)c(OCc2ccccc2F)c(I)c1. The van der Waals surface area contributed by atoms with Crippen molar-refractivity contribution in [1.82, 2.24) is 5.32 Å². The number of hydrogen-bond donors (Lipinski definition) is 1. The number of imide groups is 2. The molecule has 1 aliphatic heterocycles. The Morgan fingerprint density at radius 2 is 1.74 bits per heavy atom. The first-order valence-electron chi connectivity index (χ1n) is 9.77. The second kappa shape index (κ2) is 10.0. The van der Waals surface area contributed by atoms with Crippen molar-refractivity contribution in [2.24, 2.45) is 0 Å². The molecule has 0 unspecified atom stereocenters. The molecule has 34 heavy (non-hydrogen) atoms. The summed E-state index contributed by atoms with van der Waals surface area (Å²) in [5.74, 6) is -2.13. The Morgan fingerprint density at radius 1 is 1.03 bits per heavy atom. The van der Waals surface area contributed by atoms with Crippen LogP contribution in [0.4, 0.5) is 19.3 Å². The molecule has 1 fully saturated rings. The summed E-state index contributed by atoms with van der Waals surface area (Å²) in [4.78, 5) is 38.4. The van der Waals surface area contributed by atoms with Gasteiger partial charge in [0.1, 0.15) is 29.6 Å². The molecule has 4 rings (SSSR count).